The van der Waals surface area contributed by atoms with Gasteiger partial charge in [0.15, 0.2) is 11.6 Å². The summed E-state index contributed by atoms with van der Waals surface area (Å²) in [5, 5.41) is 74.5. The van der Waals surface area contributed by atoms with Crippen molar-refractivity contribution < 1.29 is 45.3 Å². The number of carbonyl (C=O) groups excluding carboxylic acids is 2. The number of rotatable bonds is 9. The first-order valence-electron chi connectivity index (χ1n) is 15.7. The molecule has 9 heteroatoms. The van der Waals surface area contributed by atoms with Crippen LogP contribution in [0.2, 0.25) is 0 Å². The Morgan fingerprint density at radius 3 is 2.08 bits per heavy atom. The summed E-state index contributed by atoms with van der Waals surface area (Å²) in [6, 6.07) is 15.5. The van der Waals surface area contributed by atoms with Crippen molar-refractivity contribution in [1.29, 1.82) is 0 Å². The van der Waals surface area contributed by atoms with Gasteiger partial charge < -0.3 is 35.7 Å². The molecule has 1 aliphatic rings. The van der Waals surface area contributed by atoms with Gasteiger partial charge in [0, 0.05) is 34.6 Å². The predicted octanol–water partition coefficient (Wildman–Crippen LogP) is 7.75. The highest BCUT2D eigenvalue weighted by Gasteiger charge is 2.43. The van der Waals surface area contributed by atoms with E-state index in [-0.39, 0.29) is 68.7 Å². The molecular formula is C40H38O9. The number of Topliss-reactive ketones (excluding diaryl/α,β-unsaturated/α-hetero) is 1. The molecule has 0 heterocycles. The molecule has 7 N–H and O–H groups in total. The Balaban J connectivity index is 1.65. The summed E-state index contributed by atoms with van der Waals surface area (Å²) in [5.41, 5.74) is 2.63. The maximum atomic E-state index is 14.7. The fraction of sp³-hybridized carbons (Fsp3) is 0.200. The lowest BCUT2D eigenvalue weighted by Crippen LogP contribution is -2.31. The van der Waals surface area contributed by atoms with Gasteiger partial charge in [-0.15, -0.1) is 0 Å². The van der Waals surface area contributed by atoms with Gasteiger partial charge in [0.05, 0.1) is 11.1 Å². The first-order chi connectivity index (χ1) is 23.3. The van der Waals surface area contributed by atoms with Crippen LogP contribution in [0.15, 0.2) is 96.1 Å². The summed E-state index contributed by atoms with van der Waals surface area (Å²) >= 11 is 0. The van der Waals surface area contributed by atoms with Crippen LogP contribution >= 0.6 is 0 Å². The normalized spacial score (nSPS) is 17.4. The molecule has 0 fully saturated rings. The van der Waals surface area contributed by atoms with Crippen LogP contribution < -0.4 is 0 Å². The molecule has 4 aromatic rings. The SMILES string of the molecule is CC(C)=CCc1c(O)ccc(C(=O)C2C(c3c(O)ccc(C(=O)/C=C/c4ccc(O)cc4O)c3O)C=C(C)CC2c2ccc(O)cc2)c1O. The monoisotopic (exact) mass is 662 g/mol. The number of phenols is 7. The van der Waals surface area contributed by atoms with E-state index >= 15 is 0 Å². The van der Waals surface area contributed by atoms with Crippen molar-refractivity contribution in [3.05, 3.63) is 129 Å². The number of carbonyl (C=O) groups is 2. The minimum Gasteiger partial charge on any atom is -0.508 e. The van der Waals surface area contributed by atoms with Gasteiger partial charge >= 0.3 is 0 Å². The molecule has 3 atom stereocenters. The second kappa shape index (κ2) is 14.0. The quantitative estimate of drug-likeness (QED) is 0.0537. The van der Waals surface area contributed by atoms with E-state index in [4.69, 9.17) is 0 Å². The molecule has 252 valence electrons. The molecule has 1 aliphatic carbocycles. The number of allylic oxidation sites excluding steroid dienone is 5. The summed E-state index contributed by atoms with van der Waals surface area (Å²) in [4.78, 5) is 28.1. The van der Waals surface area contributed by atoms with Gasteiger partial charge in [0.25, 0.3) is 0 Å². The number of ketones is 2. The molecule has 0 saturated carbocycles. The Hall–Kier alpha value is -5.96. The lowest BCUT2D eigenvalue weighted by atomic mass is 9.65. The zero-order valence-corrected chi connectivity index (χ0v) is 27.3. The van der Waals surface area contributed by atoms with Crippen molar-refractivity contribution in [2.45, 2.75) is 45.4 Å². The zero-order valence-electron chi connectivity index (χ0n) is 27.3. The Labute approximate surface area is 283 Å². The van der Waals surface area contributed by atoms with E-state index < -0.39 is 35.1 Å². The van der Waals surface area contributed by atoms with Crippen LogP contribution in [0, 0.1) is 5.92 Å². The summed E-state index contributed by atoms with van der Waals surface area (Å²) in [5.74, 6) is -5.55. The predicted molar refractivity (Wildman–Crippen MR) is 186 cm³/mol. The maximum absolute atomic E-state index is 14.7. The molecular weight excluding hydrogens is 624 g/mol. The van der Waals surface area contributed by atoms with Gasteiger partial charge in [-0.05, 0) is 106 Å². The molecule has 0 bridgehead atoms. The van der Waals surface area contributed by atoms with Crippen LogP contribution in [0.25, 0.3) is 6.08 Å². The van der Waals surface area contributed by atoms with Crippen LogP contribution in [-0.2, 0) is 6.42 Å². The number of aromatic hydroxyl groups is 7. The number of hydrogen-bond donors (Lipinski definition) is 7. The Morgan fingerprint density at radius 1 is 0.755 bits per heavy atom. The van der Waals surface area contributed by atoms with Crippen molar-refractivity contribution in [3.63, 3.8) is 0 Å². The Morgan fingerprint density at radius 2 is 1.41 bits per heavy atom. The topological polar surface area (TPSA) is 176 Å². The fourth-order valence-electron chi connectivity index (χ4n) is 6.42. The van der Waals surface area contributed by atoms with Crippen molar-refractivity contribution in [3.8, 4) is 40.2 Å². The minimum atomic E-state index is -1.02. The summed E-state index contributed by atoms with van der Waals surface area (Å²) in [7, 11) is 0. The van der Waals surface area contributed by atoms with E-state index in [1.165, 1.54) is 54.6 Å². The average Bonchev–Trinajstić information content (AvgIpc) is 3.04. The molecule has 0 aromatic heterocycles. The molecule has 3 unspecified atom stereocenters. The highest BCUT2D eigenvalue weighted by molar-refractivity contribution is 6.09. The third kappa shape index (κ3) is 7.16. The fourth-order valence-corrected chi connectivity index (χ4v) is 6.42. The molecule has 0 aliphatic heterocycles. The molecule has 9 nitrogen and oxygen atoms in total. The van der Waals surface area contributed by atoms with Crippen molar-refractivity contribution in [1.82, 2.24) is 0 Å². The Kier molecular flexibility index (Phi) is 9.84. The van der Waals surface area contributed by atoms with Gasteiger partial charge in [0.1, 0.15) is 40.2 Å². The van der Waals surface area contributed by atoms with Crippen LogP contribution in [0.1, 0.15) is 82.0 Å². The van der Waals surface area contributed by atoms with Crippen LogP contribution in [0.4, 0.5) is 0 Å². The highest BCUT2D eigenvalue weighted by atomic mass is 16.3. The van der Waals surface area contributed by atoms with Gasteiger partial charge in [-0.1, -0.05) is 35.4 Å². The van der Waals surface area contributed by atoms with Gasteiger partial charge in [-0.2, -0.15) is 0 Å². The first kappa shape index (κ1) is 34.4. The van der Waals surface area contributed by atoms with Crippen molar-refractivity contribution in [2.24, 2.45) is 5.92 Å². The number of hydrogen-bond acceptors (Lipinski definition) is 9. The van der Waals surface area contributed by atoms with E-state index in [0.717, 1.165) is 23.3 Å². The van der Waals surface area contributed by atoms with E-state index in [0.29, 0.717) is 12.0 Å². The molecule has 0 radical (unpaired) electrons. The standard InChI is InChI=1S/C40H38O9/c1-21(2)4-12-27-33(44)16-14-29(38(27)47)40(49)36-30(23-5-9-25(41)10-6-23)18-22(3)19-31(36)37-34(45)17-13-28(39(37)48)32(43)15-8-24-7-11-26(42)20-35(24)46/h4-11,13-17,19-20,30-31,36,41-42,44-48H,12,18H2,1-3H3/b15-8+. The minimum absolute atomic E-state index is 0.0292. The zero-order chi connectivity index (χ0) is 35.6. The van der Waals surface area contributed by atoms with E-state index in [9.17, 15) is 45.3 Å². The van der Waals surface area contributed by atoms with Crippen LogP contribution in [-0.4, -0.2) is 47.3 Å². The summed E-state index contributed by atoms with van der Waals surface area (Å²) in [6.07, 6.45) is 6.61. The molecule has 0 spiro atoms. The summed E-state index contributed by atoms with van der Waals surface area (Å²) in [6.45, 7) is 5.60. The summed E-state index contributed by atoms with van der Waals surface area (Å²) < 4.78 is 0. The van der Waals surface area contributed by atoms with E-state index in [1.807, 2.05) is 26.8 Å². The maximum Gasteiger partial charge on any atom is 0.189 e. The van der Waals surface area contributed by atoms with Crippen LogP contribution in [0.5, 0.6) is 40.2 Å². The van der Waals surface area contributed by atoms with Crippen molar-refractivity contribution >= 4 is 17.6 Å². The number of benzene rings is 4. The highest BCUT2D eigenvalue weighted by Crippen LogP contribution is 2.52. The van der Waals surface area contributed by atoms with Crippen molar-refractivity contribution in [2.75, 3.05) is 0 Å². The van der Waals surface area contributed by atoms with Crippen LogP contribution in [0.3, 0.4) is 0 Å². The molecule has 0 saturated heterocycles. The van der Waals surface area contributed by atoms with Gasteiger partial charge in [-0.25, -0.2) is 0 Å². The lowest BCUT2D eigenvalue weighted by molar-refractivity contribution is 0.0877. The third-order valence-electron chi connectivity index (χ3n) is 8.91. The smallest absolute Gasteiger partial charge is 0.189 e. The second-order valence-electron chi connectivity index (χ2n) is 12.6. The average molecular weight is 663 g/mol. The molecule has 5 rings (SSSR count). The van der Waals surface area contributed by atoms with Gasteiger partial charge in [0.2, 0.25) is 0 Å². The third-order valence-corrected chi connectivity index (χ3v) is 8.91. The second-order valence-corrected chi connectivity index (χ2v) is 12.6. The molecule has 49 heavy (non-hydrogen) atoms. The van der Waals surface area contributed by atoms with E-state index in [1.54, 1.807) is 18.2 Å². The lowest BCUT2D eigenvalue weighted by Gasteiger charge is -2.37. The molecule has 0 amide bonds. The number of phenolic OH excluding ortho intramolecular Hbond substituents is 7. The van der Waals surface area contributed by atoms with Gasteiger partial charge in [-0.3, -0.25) is 9.59 Å². The molecule has 4 aromatic carbocycles. The first-order valence-corrected chi connectivity index (χ1v) is 15.7. The Bertz CT molecular complexity index is 2010. The van der Waals surface area contributed by atoms with E-state index in [2.05, 4.69) is 0 Å². The largest absolute Gasteiger partial charge is 0.508 e.